The third-order valence-electron chi connectivity index (χ3n) is 2.14. The summed E-state index contributed by atoms with van der Waals surface area (Å²) in [7, 11) is -3.63. The number of sulfonamides is 1. The maximum atomic E-state index is 11.5. The molecule has 8 nitrogen and oxygen atoms in total. The number of aromatic carboxylic acids is 1. The largest absolute Gasteiger partial charge is 0.478 e. The van der Waals surface area contributed by atoms with E-state index in [9.17, 15) is 18.0 Å². The number of nitrogens with two attached hydrogens (primary N) is 1. The maximum Gasteiger partial charge on any atom is 0.335 e. The van der Waals surface area contributed by atoms with Gasteiger partial charge in [-0.05, 0) is 34.1 Å². The predicted octanol–water partition coefficient (Wildman–Crippen LogP) is 0.557. The van der Waals surface area contributed by atoms with Crippen LogP contribution >= 0.6 is 15.9 Å². The Bertz CT molecular complexity index is 632. The fourth-order valence-corrected chi connectivity index (χ4v) is 2.09. The lowest BCUT2D eigenvalue weighted by Gasteiger charge is -2.09. The summed E-state index contributed by atoms with van der Waals surface area (Å²) < 4.78 is 21.7. The number of halogens is 1. The van der Waals surface area contributed by atoms with Crippen LogP contribution in [0.4, 0.5) is 10.5 Å². The Labute approximate surface area is 123 Å². The van der Waals surface area contributed by atoms with E-state index in [0.717, 1.165) is 0 Å². The summed E-state index contributed by atoms with van der Waals surface area (Å²) in [6.07, 6.45) is 0. The van der Waals surface area contributed by atoms with Gasteiger partial charge >= 0.3 is 12.0 Å². The van der Waals surface area contributed by atoms with Crippen molar-refractivity contribution in [1.29, 1.82) is 0 Å². The van der Waals surface area contributed by atoms with Crippen LogP contribution in [0.2, 0.25) is 0 Å². The van der Waals surface area contributed by atoms with Crippen LogP contribution in [-0.2, 0) is 10.0 Å². The number of hydrogen-bond acceptors (Lipinski definition) is 4. The topological polar surface area (TPSA) is 139 Å². The number of carboxylic acids is 1. The summed E-state index contributed by atoms with van der Waals surface area (Å²) in [4.78, 5) is 22.2. The van der Waals surface area contributed by atoms with Gasteiger partial charge in [-0.1, -0.05) is 0 Å². The number of carboxylic acid groups (broad SMARTS) is 1. The van der Waals surface area contributed by atoms with Crippen molar-refractivity contribution in [2.75, 3.05) is 17.6 Å². The molecule has 0 atom stereocenters. The highest BCUT2D eigenvalue weighted by molar-refractivity contribution is 9.10. The molecule has 0 aliphatic carbocycles. The first-order chi connectivity index (χ1) is 9.19. The Morgan fingerprint density at radius 3 is 2.50 bits per heavy atom. The van der Waals surface area contributed by atoms with E-state index >= 15 is 0 Å². The van der Waals surface area contributed by atoms with Crippen molar-refractivity contribution >= 4 is 43.6 Å². The molecule has 0 saturated heterocycles. The van der Waals surface area contributed by atoms with E-state index in [1.807, 2.05) is 0 Å². The summed E-state index contributed by atoms with van der Waals surface area (Å²) in [5.74, 6) is -1.46. The number of rotatable bonds is 5. The van der Waals surface area contributed by atoms with E-state index in [0.29, 0.717) is 10.2 Å². The summed E-state index contributed by atoms with van der Waals surface area (Å²) in [5, 5.41) is 18.3. The van der Waals surface area contributed by atoms with Crippen molar-refractivity contribution < 1.29 is 23.1 Å². The van der Waals surface area contributed by atoms with E-state index in [1.165, 1.54) is 18.2 Å². The number of nitrogens with one attached hydrogen (secondary N) is 2. The fourth-order valence-electron chi connectivity index (χ4n) is 1.22. The summed E-state index contributed by atoms with van der Waals surface area (Å²) in [6, 6.07) is 3.44. The first kappa shape index (κ1) is 16.4. The normalized spacial score (nSPS) is 10.9. The van der Waals surface area contributed by atoms with Gasteiger partial charge in [-0.2, -0.15) is 0 Å². The number of benzene rings is 1. The minimum atomic E-state index is -3.63. The Balaban J connectivity index is 2.60. The predicted molar refractivity (Wildman–Crippen MR) is 76.1 cm³/mol. The third-order valence-corrected chi connectivity index (χ3v) is 3.57. The van der Waals surface area contributed by atoms with Gasteiger partial charge in [-0.15, -0.1) is 0 Å². The maximum absolute atomic E-state index is 11.5. The molecule has 0 heterocycles. The Hall–Kier alpha value is -1.65. The number of primary sulfonamides is 1. The SMILES string of the molecule is NS(=O)(=O)CCNC(=O)Nc1ccc(C(=O)O)cc1Br. The number of amides is 2. The molecular weight excluding hydrogens is 354 g/mol. The van der Waals surface area contributed by atoms with Crippen molar-refractivity contribution in [2.45, 2.75) is 0 Å². The summed E-state index contributed by atoms with van der Waals surface area (Å²) >= 11 is 3.12. The molecule has 1 aromatic rings. The van der Waals surface area contributed by atoms with Crippen LogP contribution in [0.15, 0.2) is 22.7 Å². The van der Waals surface area contributed by atoms with E-state index in [4.69, 9.17) is 10.2 Å². The molecule has 20 heavy (non-hydrogen) atoms. The van der Waals surface area contributed by atoms with Gasteiger partial charge in [0.1, 0.15) is 0 Å². The zero-order valence-electron chi connectivity index (χ0n) is 10.1. The highest BCUT2D eigenvalue weighted by Crippen LogP contribution is 2.23. The molecule has 1 rings (SSSR count). The first-order valence-electron chi connectivity index (χ1n) is 5.27. The fraction of sp³-hybridized carbons (Fsp3) is 0.200. The van der Waals surface area contributed by atoms with E-state index in [1.54, 1.807) is 0 Å². The molecule has 2 amide bonds. The molecular formula is C10H12BrN3O5S. The van der Waals surface area contributed by atoms with Gasteiger partial charge < -0.3 is 15.7 Å². The summed E-state index contributed by atoms with van der Waals surface area (Å²) in [5.41, 5.74) is 0.417. The van der Waals surface area contributed by atoms with E-state index in [-0.39, 0.29) is 17.9 Å². The quantitative estimate of drug-likeness (QED) is 0.603. The monoisotopic (exact) mass is 365 g/mol. The molecule has 0 radical (unpaired) electrons. The number of anilines is 1. The second-order valence-corrected chi connectivity index (χ2v) is 6.34. The third kappa shape index (κ3) is 5.55. The zero-order chi connectivity index (χ0) is 15.3. The van der Waals surface area contributed by atoms with Crippen molar-refractivity contribution in [1.82, 2.24) is 5.32 Å². The van der Waals surface area contributed by atoms with Crippen LogP contribution in [0.3, 0.4) is 0 Å². The van der Waals surface area contributed by atoms with Crippen molar-refractivity contribution in [2.24, 2.45) is 5.14 Å². The first-order valence-corrected chi connectivity index (χ1v) is 7.78. The summed E-state index contributed by atoms with van der Waals surface area (Å²) in [6.45, 7) is -0.129. The molecule has 0 saturated carbocycles. The average molecular weight is 366 g/mol. The highest BCUT2D eigenvalue weighted by Gasteiger charge is 2.10. The van der Waals surface area contributed by atoms with Crippen LogP contribution in [0, 0.1) is 0 Å². The zero-order valence-corrected chi connectivity index (χ0v) is 12.5. The van der Waals surface area contributed by atoms with Crippen LogP contribution in [0.25, 0.3) is 0 Å². The van der Waals surface area contributed by atoms with Crippen LogP contribution in [0.1, 0.15) is 10.4 Å². The molecule has 5 N–H and O–H groups in total. The van der Waals surface area contributed by atoms with E-state index in [2.05, 4.69) is 26.6 Å². The van der Waals surface area contributed by atoms with Crippen molar-refractivity contribution in [3.63, 3.8) is 0 Å². The number of carbonyl (C=O) groups excluding carboxylic acids is 1. The molecule has 0 bridgehead atoms. The standard InChI is InChI=1S/C10H12BrN3O5S/c11-7-5-6(9(15)16)1-2-8(7)14-10(17)13-3-4-20(12,18)19/h1-2,5H,3-4H2,(H,15,16)(H2,12,18,19)(H2,13,14,17). The second kappa shape index (κ2) is 6.68. The van der Waals surface area contributed by atoms with Gasteiger partial charge in [-0.3, -0.25) is 0 Å². The lowest BCUT2D eigenvalue weighted by Crippen LogP contribution is -2.34. The van der Waals surface area contributed by atoms with Gasteiger partial charge in [0.25, 0.3) is 0 Å². The van der Waals surface area contributed by atoms with Crippen LogP contribution in [0.5, 0.6) is 0 Å². The molecule has 1 aromatic carbocycles. The van der Waals surface area contributed by atoms with Crippen LogP contribution in [-0.4, -0.2) is 37.8 Å². The van der Waals surface area contributed by atoms with E-state index < -0.39 is 22.0 Å². The molecule has 0 fully saturated rings. The van der Waals surface area contributed by atoms with Gasteiger partial charge in [0.2, 0.25) is 10.0 Å². The van der Waals surface area contributed by atoms with Gasteiger partial charge in [0, 0.05) is 11.0 Å². The molecule has 0 spiro atoms. The molecule has 0 aliphatic rings. The number of carbonyl (C=O) groups is 2. The molecule has 0 unspecified atom stereocenters. The minimum Gasteiger partial charge on any atom is -0.478 e. The Morgan fingerprint density at radius 1 is 1.35 bits per heavy atom. The minimum absolute atomic E-state index is 0.0667. The highest BCUT2D eigenvalue weighted by atomic mass is 79.9. The molecule has 0 aromatic heterocycles. The molecule has 10 heteroatoms. The lowest BCUT2D eigenvalue weighted by molar-refractivity contribution is 0.0697. The van der Waals surface area contributed by atoms with Crippen molar-refractivity contribution in [3.8, 4) is 0 Å². The Kier molecular flexibility index (Phi) is 5.48. The number of hydrogen-bond donors (Lipinski definition) is 4. The lowest BCUT2D eigenvalue weighted by atomic mass is 10.2. The van der Waals surface area contributed by atoms with Gasteiger partial charge in [0.15, 0.2) is 0 Å². The van der Waals surface area contributed by atoms with Gasteiger partial charge in [-0.25, -0.2) is 23.1 Å². The number of urea groups is 1. The van der Waals surface area contributed by atoms with Crippen LogP contribution < -0.4 is 15.8 Å². The van der Waals surface area contributed by atoms with Crippen molar-refractivity contribution in [3.05, 3.63) is 28.2 Å². The smallest absolute Gasteiger partial charge is 0.335 e. The Morgan fingerprint density at radius 2 is 2.00 bits per heavy atom. The average Bonchev–Trinajstić information content (AvgIpc) is 2.29. The molecule has 0 aliphatic heterocycles. The second-order valence-electron chi connectivity index (χ2n) is 3.75. The van der Waals surface area contributed by atoms with Gasteiger partial charge in [0.05, 0.1) is 17.0 Å². The molecule has 110 valence electrons.